The largest absolute Gasteiger partial charge is 0.497 e. The highest BCUT2D eigenvalue weighted by atomic mass is 16.6. The monoisotopic (exact) mass is 404 g/mol. The van der Waals surface area contributed by atoms with Crippen molar-refractivity contribution in [3.05, 3.63) is 71.7 Å². The molecule has 8 heteroatoms. The van der Waals surface area contributed by atoms with E-state index in [1.807, 2.05) is 43.3 Å². The second kappa shape index (κ2) is 8.20. The third-order valence-corrected chi connectivity index (χ3v) is 4.55. The second-order valence-corrected chi connectivity index (χ2v) is 6.75. The minimum atomic E-state index is -0.719. The maximum absolute atomic E-state index is 12.5. The Morgan fingerprint density at radius 1 is 1.03 bits per heavy atom. The zero-order valence-corrected chi connectivity index (χ0v) is 16.7. The molecule has 1 N–H and O–H groups in total. The van der Waals surface area contributed by atoms with Crippen molar-refractivity contribution in [2.24, 2.45) is 0 Å². The minimum Gasteiger partial charge on any atom is -0.497 e. The number of rotatable bonds is 6. The van der Waals surface area contributed by atoms with Gasteiger partial charge in [-0.1, -0.05) is 29.8 Å². The van der Waals surface area contributed by atoms with E-state index in [1.165, 1.54) is 0 Å². The Morgan fingerprint density at radius 2 is 1.73 bits per heavy atom. The number of benzene rings is 2. The number of aromatic amines is 1. The van der Waals surface area contributed by atoms with E-state index in [9.17, 15) is 4.79 Å². The molecule has 4 aromatic rings. The van der Waals surface area contributed by atoms with Crippen LogP contribution in [0.4, 0.5) is 0 Å². The summed E-state index contributed by atoms with van der Waals surface area (Å²) in [6.07, 6.45) is -0.719. The number of hydrogen-bond donors (Lipinski definition) is 1. The molecule has 1 unspecified atom stereocenters. The Morgan fingerprint density at radius 3 is 2.43 bits per heavy atom. The molecule has 0 fully saturated rings. The highest BCUT2D eigenvalue weighted by molar-refractivity contribution is 5.88. The zero-order chi connectivity index (χ0) is 21.1. The minimum absolute atomic E-state index is 0.201. The number of carbonyl (C=O) groups excluding carboxylic acids is 1. The van der Waals surface area contributed by atoms with Gasteiger partial charge in [-0.3, -0.25) is 5.10 Å². The Balaban J connectivity index is 1.44. The second-order valence-electron chi connectivity index (χ2n) is 6.75. The van der Waals surface area contributed by atoms with Gasteiger partial charge in [-0.2, -0.15) is 5.10 Å². The summed E-state index contributed by atoms with van der Waals surface area (Å²) in [7, 11) is 1.60. The molecule has 0 aliphatic rings. The van der Waals surface area contributed by atoms with Crippen molar-refractivity contribution >= 4 is 5.97 Å². The van der Waals surface area contributed by atoms with Crippen molar-refractivity contribution in [2.45, 2.75) is 20.0 Å². The van der Waals surface area contributed by atoms with Crippen LogP contribution in [0.1, 0.15) is 35.0 Å². The lowest BCUT2D eigenvalue weighted by Crippen LogP contribution is -2.10. The Kier molecular flexibility index (Phi) is 5.30. The molecule has 0 aliphatic heterocycles. The molecule has 0 radical (unpaired) electrons. The van der Waals surface area contributed by atoms with E-state index in [4.69, 9.17) is 13.9 Å². The highest BCUT2D eigenvalue weighted by Crippen LogP contribution is 2.25. The van der Waals surface area contributed by atoms with Crippen LogP contribution in [-0.4, -0.2) is 33.5 Å². The Hall–Kier alpha value is -3.94. The van der Waals surface area contributed by atoms with E-state index in [0.29, 0.717) is 11.6 Å². The average Bonchev–Trinajstić information content (AvgIpc) is 3.45. The molecule has 4 rings (SSSR count). The van der Waals surface area contributed by atoms with Crippen LogP contribution in [0.2, 0.25) is 0 Å². The first-order chi connectivity index (χ1) is 14.5. The maximum atomic E-state index is 12.5. The van der Waals surface area contributed by atoms with Crippen molar-refractivity contribution in [1.29, 1.82) is 0 Å². The van der Waals surface area contributed by atoms with Crippen LogP contribution >= 0.6 is 0 Å². The summed E-state index contributed by atoms with van der Waals surface area (Å²) in [5.74, 6) is 0.703. The lowest BCUT2D eigenvalue weighted by atomic mass is 10.1. The van der Waals surface area contributed by atoms with Gasteiger partial charge >= 0.3 is 5.97 Å². The van der Waals surface area contributed by atoms with E-state index >= 15 is 0 Å². The summed E-state index contributed by atoms with van der Waals surface area (Å²) in [5, 5.41) is 14.9. The molecule has 0 amide bonds. The van der Waals surface area contributed by atoms with Crippen LogP contribution in [-0.2, 0) is 4.74 Å². The summed E-state index contributed by atoms with van der Waals surface area (Å²) < 4.78 is 16.2. The predicted octanol–water partition coefficient (Wildman–Crippen LogP) is 4.36. The lowest BCUT2D eigenvalue weighted by Gasteiger charge is -2.07. The fourth-order valence-corrected chi connectivity index (χ4v) is 2.82. The van der Waals surface area contributed by atoms with Crippen LogP contribution in [0, 0.1) is 6.92 Å². The number of esters is 1. The number of aryl methyl sites for hydroxylation is 1. The van der Waals surface area contributed by atoms with E-state index < -0.39 is 12.1 Å². The van der Waals surface area contributed by atoms with Crippen molar-refractivity contribution in [1.82, 2.24) is 20.4 Å². The van der Waals surface area contributed by atoms with Crippen molar-refractivity contribution in [3.8, 4) is 28.5 Å². The summed E-state index contributed by atoms with van der Waals surface area (Å²) in [6.45, 7) is 3.68. The normalized spacial score (nSPS) is 11.8. The maximum Gasteiger partial charge on any atom is 0.357 e. The molecular weight excluding hydrogens is 384 g/mol. The molecule has 2 aromatic heterocycles. The molecule has 8 nitrogen and oxygen atoms in total. The zero-order valence-electron chi connectivity index (χ0n) is 16.7. The standard InChI is InChI=1S/C22H20N4O4/c1-13-4-6-15(7-5-13)18-12-19(24-23-18)22(27)29-14(2)20-25-26-21(30-20)16-8-10-17(28-3)11-9-16/h4-12,14H,1-3H3,(H,23,24). The van der Waals surface area contributed by atoms with Gasteiger partial charge in [0, 0.05) is 11.1 Å². The first kappa shape index (κ1) is 19.4. The number of ether oxygens (including phenoxy) is 2. The van der Waals surface area contributed by atoms with Crippen LogP contribution in [0.25, 0.3) is 22.7 Å². The van der Waals surface area contributed by atoms with Crippen molar-refractivity contribution in [3.63, 3.8) is 0 Å². The lowest BCUT2D eigenvalue weighted by molar-refractivity contribution is 0.0273. The molecule has 0 saturated heterocycles. The molecule has 0 spiro atoms. The van der Waals surface area contributed by atoms with E-state index in [-0.39, 0.29) is 11.6 Å². The number of carbonyl (C=O) groups is 1. The van der Waals surface area contributed by atoms with Gasteiger partial charge in [0.05, 0.1) is 12.8 Å². The summed E-state index contributed by atoms with van der Waals surface area (Å²) in [6, 6.07) is 16.7. The van der Waals surface area contributed by atoms with E-state index in [1.54, 1.807) is 32.2 Å². The van der Waals surface area contributed by atoms with Gasteiger partial charge in [0.25, 0.3) is 5.89 Å². The molecule has 0 bridgehead atoms. The van der Waals surface area contributed by atoms with Gasteiger partial charge in [0.2, 0.25) is 5.89 Å². The molecule has 0 aliphatic carbocycles. The van der Waals surface area contributed by atoms with Gasteiger partial charge in [-0.05, 0) is 44.2 Å². The van der Waals surface area contributed by atoms with Crippen molar-refractivity contribution in [2.75, 3.05) is 7.11 Å². The van der Waals surface area contributed by atoms with Gasteiger partial charge in [-0.15, -0.1) is 10.2 Å². The SMILES string of the molecule is COc1ccc(-c2nnc(C(C)OC(=O)c3cc(-c4ccc(C)cc4)n[nH]3)o2)cc1. The average molecular weight is 404 g/mol. The summed E-state index contributed by atoms with van der Waals surface area (Å²) in [4.78, 5) is 12.5. The number of hydrogen-bond acceptors (Lipinski definition) is 7. The first-order valence-electron chi connectivity index (χ1n) is 9.35. The molecule has 1 atom stereocenters. The first-order valence-corrected chi connectivity index (χ1v) is 9.35. The van der Waals surface area contributed by atoms with Gasteiger partial charge in [-0.25, -0.2) is 4.79 Å². The van der Waals surface area contributed by atoms with Gasteiger partial charge in [0.15, 0.2) is 6.10 Å². The predicted molar refractivity (Wildman–Crippen MR) is 109 cm³/mol. The smallest absolute Gasteiger partial charge is 0.357 e. The van der Waals surface area contributed by atoms with Gasteiger partial charge in [0.1, 0.15) is 11.4 Å². The van der Waals surface area contributed by atoms with Crippen LogP contribution in [0.5, 0.6) is 5.75 Å². The third-order valence-electron chi connectivity index (χ3n) is 4.55. The Bertz CT molecular complexity index is 1150. The molecule has 2 aromatic carbocycles. The fourth-order valence-electron chi connectivity index (χ4n) is 2.82. The number of aromatic nitrogens is 4. The molecule has 152 valence electrons. The highest BCUT2D eigenvalue weighted by Gasteiger charge is 2.21. The number of nitrogens with one attached hydrogen (secondary N) is 1. The molecule has 0 saturated carbocycles. The number of methoxy groups -OCH3 is 1. The third kappa shape index (κ3) is 4.07. The van der Waals surface area contributed by atoms with Crippen LogP contribution in [0.15, 0.2) is 59.0 Å². The topological polar surface area (TPSA) is 103 Å². The molecular formula is C22H20N4O4. The number of H-pyrrole nitrogens is 1. The quantitative estimate of drug-likeness (QED) is 0.476. The van der Waals surface area contributed by atoms with Crippen LogP contribution < -0.4 is 4.74 Å². The van der Waals surface area contributed by atoms with Gasteiger partial charge < -0.3 is 13.9 Å². The summed E-state index contributed by atoms with van der Waals surface area (Å²) >= 11 is 0. The summed E-state index contributed by atoms with van der Waals surface area (Å²) in [5.41, 5.74) is 3.70. The van der Waals surface area contributed by atoms with E-state index in [2.05, 4.69) is 20.4 Å². The number of nitrogens with zero attached hydrogens (tertiary/aromatic N) is 3. The molecule has 30 heavy (non-hydrogen) atoms. The Labute approximate surface area is 172 Å². The van der Waals surface area contributed by atoms with Crippen molar-refractivity contribution < 1.29 is 18.7 Å². The van der Waals surface area contributed by atoms with Crippen LogP contribution in [0.3, 0.4) is 0 Å². The fraction of sp³-hybridized carbons (Fsp3) is 0.182. The van der Waals surface area contributed by atoms with E-state index in [0.717, 1.165) is 22.4 Å². The molecule has 2 heterocycles.